The van der Waals surface area contributed by atoms with E-state index in [1.54, 1.807) is 13.2 Å². The number of hydrogen-bond acceptors (Lipinski definition) is 2. The molecule has 2 aromatic carbocycles. The maximum atomic E-state index is 6.27. The van der Waals surface area contributed by atoms with Crippen LogP contribution in [0.25, 0.3) is 0 Å². The second-order valence-electron chi connectivity index (χ2n) is 4.01. The average Bonchev–Trinajstić information content (AvgIpc) is 2.41. The minimum absolute atomic E-state index is 0.394. The van der Waals surface area contributed by atoms with Crippen molar-refractivity contribution in [2.75, 3.05) is 7.11 Å². The van der Waals surface area contributed by atoms with Gasteiger partial charge < -0.3 is 10.5 Å². The minimum atomic E-state index is -0.394. The van der Waals surface area contributed by atoms with Crippen LogP contribution >= 0.6 is 39.1 Å². The fourth-order valence-corrected chi connectivity index (χ4v) is 2.64. The van der Waals surface area contributed by atoms with Crippen molar-refractivity contribution in [1.29, 1.82) is 0 Å². The number of methoxy groups -OCH3 is 1. The first-order valence-electron chi connectivity index (χ1n) is 5.57. The maximum absolute atomic E-state index is 6.27. The Bertz CT molecular complexity index is 604. The van der Waals surface area contributed by atoms with Crippen molar-refractivity contribution in [2.24, 2.45) is 5.73 Å². The molecule has 0 spiro atoms. The monoisotopic (exact) mass is 359 g/mol. The van der Waals surface area contributed by atoms with Crippen LogP contribution in [0.2, 0.25) is 10.0 Å². The Hall–Kier alpha value is -0.740. The van der Waals surface area contributed by atoms with E-state index in [0.717, 1.165) is 15.6 Å². The maximum Gasteiger partial charge on any atom is 0.125 e. The third-order valence-corrected chi connectivity index (χ3v) is 4.17. The first-order valence-corrected chi connectivity index (χ1v) is 7.12. The number of nitrogens with two attached hydrogens (primary N) is 1. The largest absolute Gasteiger partial charge is 0.496 e. The van der Waals surface area contributed by atoms with Crippen molar-refractivity contribution in [2.45, 2.75) is 6.04 Å². The van der Waals surface area contributed by atoms with Gasteiger partial charge in [0.15, 0.2) is 0 Å². The van der Waals surface area contributed by atoms with Crippen molar-refractivity contribution in [1.82, 2.24) is 0 Å². The second-order valence-corrected chi connectivity index (χ2v) is 5.71. The molecule has 1 atom stereocenters. The van der Waals surface area contributed by atoms with Crippen LogP contribution in [0.5, 0.6) is 5.75 Å². The van der Waals surface area contributed by atoms with Crippen LogP contribution in [-0.4, -0.2) is 7.11 Å². The third kappa shape index (κ3) is 3.06. The first kappa shape index (κ1) is 14.7. The van der Waals surface area contributed by atoms with Gasteiger partial charge in [-0.1, -0.05) is 57.3 Å². The number of rotatable bonds is 3. The van der Waals surface area contributed by atoms with Crippen LogP contribution in [-0.2, 0) is 0 Å². The molecule has 0 saturated carbocycles. The van der Waals surface area contributed by atoms with Crippen LogP contribution in [0.1, 0.15) is 17.2 Å². The van der Waals surface area contributed by atoms with E-state index in [1.807, 2.05) is 30.3 Å². The molecular formula is C14H12BrCl2NO. The van der Waals surface area contributed by atoms with E-state index < -0.39 is 6.04 Å². The van der Waals surface area contributed by atoms with E-state index in [-0.39, 0.29) is 0 Å². The summed E-state index contributed by atoms with van der Waals surface area (Å²) in [5.41, 5.74) is 7.90. The Labute approximate surface area is 130 Å². The van der Waals surface area contributed by atoms with E-state index in [1.165, 1.54) is 0 Å². The minimum Gasteiger partial charge on any atom is -0.496 e. The predicted octanol–water partition coefficient (Wildman–Crippen LogP) is 4.81. The molecule has 0 aromatic heterocycles. The van der Waals surface area contributed by atoms with E-state index >= 15 is 0 Å². The normalized spacial score (nSPS) is 12.3. The van der Waals surface area contributed by atoms with Gasteiger partial charge in [-0.2, -0.15) is 0 Å². The van der Waals surface area contributed by atoms with Gasteiger partial charge in [-0.25, -0.2) is 0 Å². The van der Waals surface area contributed by atoms with Gasteiger partial charge in [0.25, 0.3) is 0 Å². The molecule has 0 aliphatic carbocycles. The van der Waals surface area contributed by atoms with Gasteiger partial charge in [-0.3, -0.25) is 0 Å². The SMILES string of the molecule is COc1cc(Br)ccc1C(N)c1cccc(Cl)c1Cl. The molecule has 2 nitrogen and oxygen atoms in total. The zero-order chi connectivity index (χ0) is 14.0. The quantitative estimate of drug-likeness (QED) is 0.852. The Kier molecular flexibility index (Phi) is 4.74. The van der Waals surface area contributed by atoms with Gasteiger partial charge in [0, 0.05) is 10.0 Å². The van der Waals surface area contributed by atoms with Crippen molar-refractivity contribution in [3.05, 3.63) is 62.0 Å². The predicted molar refractivity (Wildman–Crippen MR) is 83.2 cm³/mol. The lowest BCUT2D eigenvalue weighted by Gasteiger charge is -2.18. The molecule has 2 N–H and O–H groups in total. The highest BCUT2D eigenvalue weighted by Gasteiger charge is 2.18. The van der Waals surface area contributed by atoms with Crippen molar-refractivity contribution >= 4 is 39.1 Å². The molecule has 2 aromatic rings. The molecule has 2 rings (SSSR count). The summed E-state index contributed by atoms with van der Waals surface area (Å²) >= 11 is 15.6. The molecule has 0 aliphatic rings. The standard InChI is InChI=1S/C14H12BrCl2NO/c1-19-12-7-8(15)5-6-9(12)14(18)10-3-2-4-11(16)13(10)17/h2-7,14H,18H2,1H3. The van der Waals surface area contributed by atoms with Crippen LogP contribution in [0.3, 0.4) is 0 Å². The van der Waals surface area contributed by atoms with Gasteiger partial charge >= 0.3 is 0 Å². The van der Waals surface area contributed by atoms with E-state index in [9.17, 15) is 0 Å². The molecule has 0 saturated heterocycles. The summed E-state index contributed by atoms with van der Waals surface area (Å²) in [6.45, 7) is 0. The zero-order valence-electron chi connectivity index (χ0n) is 10.2. The van der Waals surface area contributed by atoms with Gasteiger partial charge in [0.05, 0.1) is 23.2 Å². The lowest BCUT2D eigenvalue weighted by atomic mass is 9.99. The smallest absolute Gasteiger partial charge is 0.125 e. The topological polar surface area (TPSA) is 35.2 Å². The summed E-state index contributed by atoms with van der Waals surface area (Å²) in [4.78, 5) is 0. The molecule has 100 valence electrons. The third-order valence-electron chi connectivity index (χ3n) is 2.85. The van der Waals surface area contributed by atoms with E-state index in [0.29, 0.717) is 15.8 Å². The van der Waals surface area contributed by atoms with E-state index in [4.69, 9.17) is 33.7 Å². The number of halogens is 3. The molecule has 1 unspecified atom stereocenters. The Morgan fingerprint density at radius 1 is 1.16 bits per heavy atom. The molecule has 0 radical (unpaired) electrons. The van der Waals surface area contributed by atoms with Crippen LogP contribution in [0.4, 0.5) is 0 Å². The number of ether oxygens (including phenoxy) is 1. The van der Waals surface area contributed by atoms with E-state index in [2.05, 4.69) is 15.9 Å². The summed E-state index contributed by atoms with van der Waals surface area (Å²) in [6, 6.07) is 10.7. The molecule has 5 heteroatoms. The lowest BCUT2D eigenvalue weighted by molar-refractivity contribution is 0.407. The molecule has 0 heterocycles. The highest BCUT2D eigenvalue weighted by atomic mass is 79.9. The molecule has 0 bridgehead atoms. The van der Waals surface area contributed by atoms with Crippen LogP contribution in [0, 0.1) is 0 Å². The van der Waals surface area contributed by atoms with Gasteiger partial charge in [0.2, 0.25) is 0 Å². The van der Waals surface area contributed by atoms with Gasteiger partial charge in [0.1, 0.15) is 5.75 Å². The van der Waals surface area contributed by atoms with Crippen LogP contribution < -0.4 is 10.5 Å². The van der Waals surface area contributed by atoms with Crippen molar-refractivity contribution in [3.8, 4) is 5.75 Å². The summed E-state index contributed by atoms with van der Waals surface area (Å²) in [6.07, 6.45) is 0. The first-order chi connectivity index (χ1) is 9.04. The lowest BCUT2D eigenvalue weighted by Crippen LogP contribution is -2.13. The molecule has 0 amide bonds. The number of benzene rings is 2. The average molecular weight is 361 g/mol. The fraction of sp³-hybridized carbons (Fsp3) is 0.143. The number of hydrogen-bond donors (Lipinski definition) is 1. The molecule has 19 heavy (non-hydrogen) atoms. The van der Waals surface area contributed by atoms with Crippen LogP contribution in [0.15, 0.2) is 40.9 Å². The molecule has 0 aliphatic heterocycles. The summed E-state index contributed by atoms with van der Waals surface area (Å²) in [5.74, 6) is 0.706. The highest BCUT2D eigenvalue weighted by molar-refractivity contribution is 9.10. The Morgan fingerprint density at radius 2 is 1.89 bits per heavy atom. The fourth-order valence-electron chi connectivity index (χ4n) is 1.87. The Balaban J connectivity index is 2.49. The van der Waals surface area contributed by atoms with Gasteiger partial charge in [-0.05, 0) is 23.8 Å². The second kappa shape index (κ2) is 6.14. The molecule has 0 fully saturated rings. The summed E-state index contributed by atoms with van der Waals surface area (Å²) in [7, 11) is 1.61. The zero-order valence-corrected chi connectivity index (χ0v) is 13.3. The summed E-state index contributed by atoms with van der Waals surface area (Å²) in [5, 5.41) is 0.965. The van der Waals surface area contributed by atoms with Crippen molar-refractivity contribution in [3.63, 3.8) is 0 Å². The van der Waals surface area contributed by atoms with Crippen molar-refractivity contribution < 1.29 is 4.74 Å². The summed E-state index contributed by atoms with van der Waals surface area (Å²) < 4.78 is 6.28. The molecular weight excluding hydrogens is 349 g/mol. The van der Waals surface area contributed by atoms with Gasteiger partial charge in [-0.15, -0.1) is 0 Å². The Morgan fingerprint density at radius 3 is 2.58 bits per heavy atom. The highest BCUT2D eigenvalue weighted by Crippen LogP contribution is 2.36.